The zero-order chi connectivity index (χ0) is 17.2. The molecule has 0 bridgehead atoms. The number of rotatable bonds is 4. The Bertz CT molecular complexity index is 833. The summed E-state index contributed by atoms with van der Waals surface area (Å²) in [6.07, 6.45) is 1.40. The highest BCUT2D eigenvalue weighted by Gasteiger charge is 2.26. The largest absolute Gasteiger partial charge is 0.387 e. The van der Waals surface area contributed by atoms with Crippen LogP contribution in [-0.2, 0) is 0 Å². The van der Waals surface area contributed by atoms with E-state index >= 15 is 0 Å². The Kier molecular flexibility index (Phi) is 4.79. The minimum absolute atomic E-state index is 0.338. The summed E-state index contributed by atoms with van der Waals surface area (Å²) in [5.74, 6) is 0.0497. The predicted octanol–water partition coefficient (Wildman–Crippen LogP) is 4.35. The van der Waals surface area contributed by atoms with Crippen LogP contribution in [0.4, 0.5) is 4.39 Å². The molecule has 1 aliphatic heterocycles. The molecule has 0 amide bonds. The van der Waals surface area contributed by atoms with Gasteiger partial charge in [-0.3, -0.25) is 4.90 Å². The van der Waals surface area contributed by atoms with Gasteiger partial charge in [0, 0.05) is 24.6 Å². The third-order valence-electron chi connectivity index (χ3n) is 4.86. The van der Waals surface area contributed by atoms with E-state index in [1.807, 2.05) is 12.1 Å². The standard InChI is InChI=1S/C20H21FN2OS/c21-16-8-2-1-7-15(16)18(24)13-23-11-5-6-14(12-23)20-22-17-9-3-4-10-19(17)25-20/h1-4,7-10,14,18,24H,5-6,11-13H2/t14-,18-/m1/s1. The fraction of sp³-hybridized carbons (Fsp3) is 0.350. The number of nitrogens with zero attached hydrogens (tertiary/aromatic N) is 2. The number of aromatic nitrogens is 1. The number of thiazole rings is 1. The lowest BCUT2D eigenvalue weighted by Crippen LogP contribution is -2.37. The molecule has 130 valence electrons. The summed E-state index contributed by atoms with van der Waals surface area (Å²) in [6.45, 7) is 2.26. The summed E-state index contributed by atoms with van der Waals surface area (Å²) < 4.78 is 15.1. The Balaban J connectivity index is 1.46. The van der Waals surface area contributed by atoms with Crippen molar-refractivity contribution in [3.8, 4) is 0 Å². The molecule has 3 aromatic rings. The second-order valence-corrected chi connectivity index (χ2v) is 7.72. The monoisotopic (exact) mass is 356 g/mol. The normalized spacial score (nSPS) is 20.0. The van der Waals surface area contributed by atoms with Crippen LogP contribution in [0.2, 0.25) is 0 Å². The number of hydrogen-bond acceptors (Lipinski definition) is 4. The molecule has 1 aromatic heterocycles. The average molecular weight is 356 g/mol. The van der Waals surface area contributed by atoms with Crippen LogP contribution in [0.1, 0.15) is 35.4 Å². The molecule has 2 atom stereocenters. The lowest BCUT2D eigenvalue weighted by Gasteiger charge is -2.33. The maximum Gasteiger partial charge on any atom is 0.129 e. The van der Waals surface area contributed by atoms with Crippen LogP contribution in [0.15, 0.2) is 48.5 Å². The number of aliphatic hydroxyl groups is 1. The van der Waals surface area contributed by atoms with Gasteiger partial charge >= 0.3 is 0 Å². The molecule has 4 rings (SSSR count). The number of para-hydroxylation sites is 1. The summed E-state index contributed by atoms with van der Waals surface area (Å²) >= 11 is 1.76. The lowest BCUT2D eigenvalue weighted by atomic mass is 9.97. The quantitative estimate of drug-likeness (QED) is 0.755. The fourth-order valence-electron chi connectivity index (χ4n) is 3.58. The van der Waals surface area contributed by atoms with Gasteiger partial charge in [0.05, 0.1) is 21.3 Å². The summed E-state index contributed by atoms with van der Waals surface area (Å²) in [4.78, 5) is 7.03. The van der Waals surface area contributed by atoms with Crippen LogP contribution >= 0.6 is 11.3 Å². The second-order valence-electron chi connectivity index (χ2n) is 6.66. The third kappa shape index (κ3) is 3.59. The molecular weight excluding hydrogens is 335 g/mol. The van der Waals surface area contributed by atoms with Crippen LogP contribution in [0.25, 0.3) is 10.2 Å². The molecule has 1 fully saturated rings. The molecule has 1 saturated heterocycles. The first-order chi connectivity index (χ1) is 12.2. The number of halogens is 1. The Hall–Kier alpha value is -1.82. The van der Waals surface area contributed by atoms with E-state index in [2.05, 4.69) is 17.0 Å². The molecule has 0 radical (unpaired) electrons. The number of aliphatic hydroxyl groups excluding tert-OH is 1. The van der Waals surface area contributed by atoms with E-state index in [-0.39, 0.29) is 5.82 Å². The van der Waals surface area contributed by atoms with Crippen molar-refractivity contribution in [3.63, 3.8) is 0 Å². The fourth-order valence-corrected chi connectivity index (χ4v) is 4.67. The summed E-state index contributed by atoms with van der Waals surface area (Å²) in [6, 6.07) is 14.7. The minimum atomic E-state index is -0.796. The highest BCUT2D eigenvalue weighted by Crippen LogP contribution is 2.33. The zero-order valence-electron chi connectivity index (χ0n) is 13.9. The number of benzene rings is 2. The SMILES string of the molecule is O[C@H](CN1CCC[C@@H](c2nc3ccccc3s2)C1)c1ccccc1F. The maximum atomic E-state index is 13.9. The molecule has 5 heteroatoms. The number of hydrogen-bond donors (Lipinski definition) is 1. The van der Waals surface area contributed by atoms with E-state index in [1.54, 1.807) is 29.5 Å². The number of fused-ring (bicyclic) bond motifs is 1. The van der Waals surface area contributed by atoms with E-state index in [4.69, 9.17) is 4.98 Å². The Labute approximate surface area is 150 Å². The van der Waals surface area contributed by atoms with Crippen LogP contribution in [0, 0.1) is 5.82 Å². The highest BCUT2D eigenvalue weighted by molar-refractivity contribution is 7.18. The molecule has 2 aromatic carbocycles. The topological polar surface area (TPSA) is 36.4 Å². The third-order valence-corrected chi connectivity index (χ3v) is 6.06. The Morgan fingerprint density at radius 2 is 2.00 bits per heavy atom. The van der Waals surface area contributed by atoms with Crippen LogP contribution in [0.5, 0.6) is 0 Å². The Morgan fingerprint density at radius 1 is 1.20 bits per heavy atom. The summed E-state index contributed by atoms with van der Waals surface area (Å²) in [5.41, 5.74) is 1.44. The summed E-state index contributed by atoms with van der Waals surface area (Å²) in [5, 5.41) is 11.6. The van der Waals surface area contributed by atoms with Crippen molar-refractivity contribution in [2.24, 2.45) is 0 Å². The van der Waals surface area contributed by atoms with E-state index in [1.165, 1.54) is 15.8 Å². The zero-order valence-corrected chi connectivity index (χ0v) is 14.8. The molecule has 0 aliphatic carbocycles. The molecule has 2 heterocycles. The number of β-amino-alcohol motifs (C(OH)–C–C–N with tert-alkyl or cyclic N) is 1. The van der Waals surface area contributed by atoms with E-state index in [0.29, 0.717) is 18.0 Å². The number of piperidine rings is 1. The molecule has 3 nitrogen and oxygen atoms in total. The van der Waals surface area contributed by atoms with Gasteiger partial charge in [0.1, 0.15) is 5.82 Å². The van der Waals surface area contributed by atoms with Crippen molar-refractivity contribution in [2.75, 3.05) is 19.6 Å². The van der Waals surface area contributed by atoms with Gasteiger partial charge in [-0.1, -0.05) is 30.3 Å². The summed E-state index contributed by atoms with van der Waals surface area (Å²) in [7, 11) is 0. The van der Waals surface area contributed by atoms with Gasteiger partial charge < -0.3 is 5.11 Å². The van der Waals surface area contributed by atoms with Gasteiger partial charge in [-0.2, -0.15) is 0 Å². The average Bonchev–Trinajstić information content (AvgIpc) is 3.06. The van der Waals surface area contributed by atoms with Crippen molar-refractivity contribution in [3.05, 3.63) is 64.9 Å². The van der Waals surface area contributed by atoms with Gasteiger partial charge in [-0.05, 0) is 37.6 Å². The van der Waals surface area contributed by atoms with E-state index < -0.39 is 6.10 Å². The molecule has 0 unspecified atom stereocenters. The van der Waals surface area contributed by atoms with Crippen molar-refractivity contribution in [2.45, 2.75) is 24.9 Å². The lowest BCUT2D eigenvalue weighted by molar-refractivity contribution is 0.0930. The first-order valence-electron chi connectivity index (χ1n) is 8.71. The molecule has 0 saturated carbocycles. The molecular formula is C20H21FN2OS. The van der Waals surface area contributed by atoms with Crippen molar-refractivity contribution >= 4 is 21.6 Å². The maximum absolute atomic E-state index is 13.9. The molecule has 1 aliphatic rings. The van der Waals surface area contributed by atoms with E-state index in [9.17, 15) is 9.50 Å². The first kappa shape index (κ1) is 16.6. The minimum Gasteiger partial charge on any atom is -0.387 e. The van der Waals surface area contributed by atoms with Crippen molar-refractivity contribution in [1.82, 2.24) is 9.88 Å². The van der Waals surface area contributed by atoms with Gasteiger partial charge in [-0.25, -0.2) is 9.37 Å². The first-order valence-corrected chi connectivity index (χ1v) is 9.52. The highest BCUT2D eigenvalue weighted by atomic mass is 32.1. The van der Waals surface area contributed by atoms with Gasteiger partial charge in [0.2, 0.25) is 0 Å². The second kappa shape index (κ2) is 7.20. The van der Waals surface area contributed by atoms with Gasteiger partial charge in [0.15, 0.2) is 0 Å². The molecule has 25 heavy (non-hydrogen) atoms. The predicted molar refractivity (Wildman–Crippen MR) is 99.4 cm³/mol. The van der Waals surface area contributed by atoms with Crippen molar-refractivity contribution in [1.29, 1.82) is 0 Å². The Morgan fingerprint density at radius 3 is 2.84 bits per heavy atom. The van der Waals surface area contributed by atoms with Crippen LogP contribution < -0.4 is 0 Å². The number of likely N-dealkylation sites (tertiary alicyclic amines) is 1. The van der Waals surface area contributed by atoms with E-state index in [0.717, 1.165) is 31.4 Å². The van der Waals surface area contributed by atoms with Gasteiger partial charge in [0.25, 0.3) is 0 Å². The molecule has 1 N–H and O–H groups in total. The molecule has 0 spiro atoms. The smallest absolute Gasteiger partial charge is 0.129 e. The van der Waals surface area contributed by atoms with Crippen molar-refractivity contribution < 1.29 is 9.50 Å². The van der Waals surface area contributed by atoms with Crippen LogP contribution in [-0.4, -0.2) is 34.6 Å². The van der Waals surface area contributed by atoms with Gasteiger partial charge in [-0.15, -0.1) is 11.3 Å². The van der Waals surface area contributed by atoms with Crippen LogP contribution in [0.3, 0.4) is 0 Å².